The van der Waals surface area contributed by atoms with Crippen LogP contribution < -0.4 is 9.16 Å². The molecule has 210 valence electrons. The van der Waals surface area contributed by atoms with Crippen LogP contribution in [0.2, 0.25) is 19.6 Å². The lowest BCUT2D eigenvalue weighted by molar-refractivity contribution is -0.312. The summed E-state index contributed by atoms with van der Waals surface area (Å²) in [7, 11) is 0.0475. The van der Waals surface area contributed by atoms with Gasteiger partial charge < -0.3 is 19.0 Å². The summed E-state index contributed by atoms with van der Waals surface area (Å²) in [5.41, 5.74) is 1.26. The Labute approximate surface area is 230 Å². The van der Waals surface area contributed by atoms with Crippen LogP contribution in [0.3, 0.4) is 0 Å². The first-order valence-corrected chi connectivity index (χ1v) is 18.6. The smallest absolute Gasteiger partial charge is 0.242 e. The Morgan fingerprint density at radius 3 is 2.47 bits per heavy atom. The zero-order valence-corrected chi connectivity index (χ0v) is 25.9. The second kappa shape index (κ2) is 7.60. The fourth-order valence-electron chi connectivity index (χ4n) is 9.98. The minimum atomic E-state index is -1.84. The number of rotatable bonds is 6. The number of methoxy groups -OCH3 is 1. The van der Waals surface area contributed by atoms with Crippen LogP contribution in [0.15, 0.2) is 12.1 Å². The molecule has 4 saturated carbocycles. The normalized spacial score (nSPS) is 40.9. The number of piperidine rings is 1. The van der Waals surface area contributed by atoms with Gasteiger partial charge in [0.15, 0.2) is 5.75 Å². The molecular weight excluding hydrogens is 490 g/mol. The molecular formula is C32H49NO4Si. The monoisotopic (exact) mass is 539 g/mol. The predicted octanol–water partition coefficient (Wildman–Crippen LogP) is 5.92. The van der Waals surface area contributed by atoms with E-state index in [0.717, 1.165) is 56.1 Å². The van der Waals surface area contributed by atoms with E-state index in [9.17, 15) is 5.11 Å². The van der Waals surface area contributed by atoms with E-state index in [1.165, 1.54) is 30.5 Å². The molecule has 1 aromatic rings. The summed E-state index contributed by atoms with van der Waals surface area (Å²) in [6.45, 7) is 17.8. The lowest BCUT2D eigenvalue weighted by Crippen LogP contribution is -2.83. The Morgan fingerprint density at radius 2 is 1.84 bits per heavy atom. The van der Waals surface area contributed by atoms with Gasteiger partial charge in [-0.3, -0.25) is 4.90 Å². The quantitative estimate of drug-likeness (QED) is 0.455. The molecule has 2 aliphatic heterocycles. The van der Waals surface area contributed by atoms with Gasteiger partial charge in [-0.2, -0.15) is 0 Å². The van der Waals surface area contributed by atoms with Crippen LogP contribution in [0.4, 0.5) is 0 Å². The van der Waals surface area contributed by atoms with Gasteiger partial charge in [0.25, 0.3) is 0 Å². The Morgan fingerprint density at radius 1 is 1.11 bits per heavy atom. The summed E-state index contributed by atoms with van der Waals surface area (Å²) in [6, 6.07) is 5.06. The third kappa shape index (κ3) is 3.04. The van der Waals surface area contributed by atoms with Gasteiger partial charge in [0.05, 0.1) is 5.60 Å². The van der Waals surface area contributed by atoms with E-state index in [0.29, 0.717) is 6.04 Å². The lowest BCUT2D eigenvalue weighted by Gasteiger charge is -2.75. The number of aliphatic hydroxyl groups is 1. The highest BCUT2D eigenvalue weighted by Crippen LogP contribution is 2.78. The standard InChI is InChI=1S/C32H49NO4Si/c1-28(2,3)29(4,34)23-18-30-13-14-32(23,35-5)27-31(30)15-16-33(19-20-9-10-20)24(30)17-21-11-12-22(37-38(6,7)8)26(36-27)25(21)31/h11-12,20,23-24,27,34H,9-10,13-19H2,1-8H3/t23-,24-,27-,29+,30+,31+,32?/m1/s1. The molecule has 5 nitrogen and oxygen atoms in total. The van der Waals surface area contributed by atoms with Crippen molar-refractivity contribution in [3.05, 3.63) is 23.3 Å². The Bertz CT molecular complexity index is 1170. The molecule has 2 spiro atoms. The lowest BCUT2D eigenvalue weighted by atomic mass is 9.33. The van der Waals surface area contributed by atoms with Gasteiger partial charge in [-0.15, -0.1) is 0 Å². The molecule has 5 aliphatic carbocycles. The molecule has 38 heavy (non-hydrogen) atoms. The van der Waals surface area contributed by atoms with Crippen molar-refractivity contribution in [3.8, 4) is 11.5 Å². The van der Waals surface area contributed by atoms with Crippen molar-refractivity contribution in [2.75, 3.05) is 20.2 Å². The van der Waals surface area contributed by atoms with Gasteiger partial charge in [0.1, 0.15) is 17.5 Å². The fraction of sp³-hybridized carbons (Fsp3) is 0.812. The van der Waals surface area contributed by atoms with Crippen LogP contribution in [0, 0.1) is 22.7 Å². The van der Waals surface area contributed by atoms with Gasteiger partial charge in [-0.05, 0) is 101 Å². The predicted molar refractivity (Wildman–Crippen MR) is 153 cm³/mol. The summed E-state index contributed by atoms with van der Waals surface area (Å²) in [5, 5.41) is 12.4. The minimum Gasteiger partial charge on any atom is -0.542 e. The summed E-state index contributed by atoms with van der Waals surface area (Å²) in [4.78, 5) is 2.88. The molecule has 1 aromatic carbocycles. The molecule has 2 heterocycles. The van der Waals surface area contributed by atoms with Gasteiger partial charge in [-0.25, -0.2) is 0 Å². The Hall–Kier alpha value is -1.08. The van der Waals surface area contributed by atoms with Crippen LogP contribution in [0.25, 0.3) is 0 Å². The van der Waals surface area contributed by atoms with Crippen molar-refractivity contribution in [2.45, 2.75) is 121 Å². The Balaban J connectivity index is 1.46. The van der Waals surface area contributed by atoms with Crippen molar-refractivity contribution in [1.29, 1.82) is 0 Å². The number of hydrogen-bond donors (Lipinski definition) is 1. The van der Waals surface area contributed by atoms with E-state index < -0.39 is 19.5 Å². The SMILES string of the molecule is COC12CC[C@]3(C[C@@H]1[C@](C)(O)C(C)(C)C)[C@H]1Cc4ccc(O[Si](C)(C)C)c5c4[C@@]3(CCN1CC1CC1)[C@H]2O5. The molecule has 4 bridgehead atoms. The van der Waals surface area contributed by atoms with E-state index in [-0.39, 0.29) is 28.3 Å². The van der Waals surface area contributed by atoms with Crippen LogP contribution in [0.5, 0.6) is 11.5 Å². The molecule has 8 rings (SSSR count). The van der Waals surface area contributed by atoms with Crippen LogP contribution in [0.1, 0.15) is 77.3 Å². The molecule has 7 aliphatic rings. The topological polar surface area (TPSA) is 51.2 Å². The van der Waals surface area contributed by atoms with Gasteiger partial charge in [-0.1, -0.05) is 26.8 Å². The van der Waals surface area contributed by atoms with Crippen molar-refractivity contribution >= 4 is 8.32 Å². The van der Waals surface area contributed by atoms with Crippen molar-refractivity contribution in [1.82, 2.24) is 4.90 Å². The highest BCUT2D eigenvalue weighted by atomic mass is 28.4. The van der Waals surface area contributed by atoms with Crippen LogP contribution in [-0.4, -0.2) is 61.9 Å². The van der Waals surface area contributed by atoms with Crippen molar-refractivity contribution < 1.29 is 19.0 Å². The number of nitrogens with zero attached hydrogens (tertiary/aromatic N) is 1. The summed E-state index contributed by atoms with van der Waals surface area (Å²) < 4.78 is 20.7. The van der Waals surface area contributed by atoms with E-state index in [1.54, 1.807) is 0 Å². The van der Waals surface area contributed by atoms with Crippen LogP contribution >= 0.6 is 0 Å². The molecule has 1 unspecified atom stereocenters. The molecule has 7 atom stereocenters. The molecule has 1 saturated heterocycles. The largest absolute Gasteiger partial charge is 0.542 e. The molecule has 5 fully saturated rings. The van der Waals surface area contributed by atoms with E-state index >= 15 is 0 Å². The third-order valence-corrected chi connectivity index (χ3v) is 13.1. The maximum absolute atomic E-state index is 12.4. The molecule has 6 heteroatoms. The fourth-order valence-corrected chi connectivity index (χ4v) is 10.8. The van der Waals surface area contributed by atoms with Crippen molar-refractivity contribution in [2.24, 2.45) is 22.7 Å². The van der Waals surface area contributed by atoms with Gasteiger partial charge in [0.2, 0.25) is 8.32 Å². The zero-order chi connectivity index (χ0) is 27.1. The average Bonchev–Trinajstić information content (AvgIpc) is 3.57. The number of fused-ring (bicyclic) bond motifs is 2. The summed E-state index contributed by atoms with van der Waals surface area (Å²) >= 11 is 0. The number of ether oxygens (including phenoxy) is 2. The first-order chi connectivity index (χ1) is 17.7. The highest BCUT2D eigenvalue weighted by molar-refractivity contribution is 6.70. The van der Waals surface area contributed by atoms with Gasteiger partial charge in [0, 0.05) is 42.0 Å². The highest BCUT2D eigenvalue weighted by Gasteiger charge is 2.82. The zero-order valence-electron chi connectivity index (χ0n) is 24.9. The molecule has 0 amide bonds. The minimum absolute atomic E-state index is 0.00692. The molecule has 0 aromatic heterocycles. The van der Waals surface area contributed by atoms with E-state index in [2.05, 4.69) is 64.4 Å². The third-order valence-electron chi connectivity index (χ3n) is 12.3. The second-order valence-corrected chi connectivity index (χ2v) is 20.4. The molecule has 1 N–H and O–H groups in total. The molecule has 0 radical (unpaired) electrons. The van der Waals surface area contributed by atoms with Crippen molar-refractivity contribution in [3.63, 3.8) is 0 Å². The number of benzene rings is 1. The number of likely N-dealkylation sites (tertiary alicyclic amines) is 1. The maximum atomic E-state index is 12.4. The first-order valence-electron chi connectivity index (χ1n) is 15.2. The maximum Gasteiger partial charge on any atom is 0.242 e. The first kappa shape index (κ1) is 25.9. The Kier molecular flexibility index (Phi) is 5.17. The number of hydrogen-bond acceptors (Lipinski definition) is 5. The summed E-state index contributed by atoms with van der Waals surface area (Å²) in [6.07, 6.45) is 8.01. The van der Waals surface area contributed by atoms with Crippen LogP contribution in [-0.2, 0) is 16.6 Å². The van der Waals surface area contributed by atoms with Gasteiger partial charge >= 0.3 is 0 Å². The summed E-state index contributed by atoms with van der Waals surface area (Å²) in [5.74, 6) is 2.82. The second-order valence-electron chi connectivity index (χ2n) is 16.0. The van der Waals surface area contributed by atoms with E-state index in [4.69, 9.17) is 13.9 Å². The average molecular weight is 540 g/mol. The van der Waals surface area contributed by atoms with E-state index in [1.807, 2.05) is 7.11 Å².